The Morgan fingerprint density at radius 2 is 2.07 bits per heavy atom. The molecule has 0 bridgehead atoms. The van der Waals surface area contributed by atoms with Crippen LogP contribution in [0.5, 0.6) is 5.75 Å². The summed E-state index contributed by atoms with van der Waals surface area (Å²) in [6.45, 7) is 5.48. The zero-order chi connectivity index (χ0) is 11.1. The summed E-state index contributed by atoms with van der Waals surface area (Å²) >= 11 is 0. The molecule has 0 fully saturated rings. The van der Waals surface area contributed by atoms with Crippen molar-refractivity contribution in [3.8, 4) is 5.75 Å². The third kappa shape index (κ3) is 3.32. The van der Waals surface area contributed by atoms with Crippen molar-refractivity contribution >= 4 is 11.4 Å². The predicted molar refractivity (Wildman–Crippen MR) is 62.4 cm³/mol. The second-order valence-electron chi connectivity index (χ2n) is 2.98. The van der Waals surface area contributed by atoms with Crippen LogP contribution in [0.4, 0.5) is 11.4 Å². The van der Waals surface area contributed by atoms with Gasteiger partial charge in [0, 0.05) is 18.3 Å². The molecule has 15 heavy (non-hydrogen) atoms. The number of methoxy groups -OCH3 is 1. The van der Waals surface area contributed by atoms with E-state index in [0.29, 0.717) is 6.61 Å². The summed E-state index contributed by atoms with van der Waals surface area (Å²) in [6.07, 6.45) is 0. The van der Waals surface area contributed by atoms with Gasteiger partial charge in [-0.2, -0.15) is 0 Å². The summed E-state index contributed by atoms with van der Waals surface area (Å²) in [5, 5.41) is 3.22. The molecule has 0 aliphatic heterocycles. The number of rotatable bonds is 6. The minimum Gasteiger partial charge on any atom is -0.494 e. The SMILES string of the molecule is CCNc1ccc(NOCC)c(OC)c1. The Balaban J connectivity index is 2.78. The van der Waals surface area contributed by atoms with Gasteiger partial charge in [-0.1, -0.05) is 0 Å². The summed E-state index contributed by atoms with van der Waals surface area (Å²) in [6, 6.07) is 5.84. The van der Waals surface area contributed by atoms with Crippen molar-refractivity contribution in [1.29, 1.82) is 0 Å². The van der Waals surface area contributed by atoms with Crippen molar-refractivity contribution < 1.29 is 9.57 Å². The first kappa shape index (κ1) is 11.7. The molecule has 0 aliphatic rings. The van der Waals surface area contributed by atoms with Crippen molar-refractivity contribution in [3.05, 3.63) is 18.2 Å². The topological polar surface area (TPSA) is 42.5 Å². The van der Waals surface area contributed by atoms with E-state index >= 15 is 0 Å². The second kappa shape index (κ2) is 6.14. The van der Waals surface area contributed by atoms with Crippen LogP contribution in [0.1, 0.15) is 13.8 Å². The molecular formula is C11H18N2O2. The first-order valence-corrected chi connectivity index (χ1v) is 5.11. The third-order valence-electron chi connectivity index (χ3n) is 1.91. The highest BCUT2D eigenvalue weighted by Crippen LogP contribution is 2.27. The van der Waals surface area contributed by atoms with Crippen LogP contribution < -0.4 is 15.5 Å². The average Bonchev–Trinajstić information content (AvgIpc) is 2.27. The van der Waals surface area contributed by atoms with Crippen LogP contribution in [0.3, 0.4) is 0 Å². The van der Waals surface area contributed by atoms with Gasteiger partial charge in [0.15, 0.2) is 0 Å². The number of anilines is 2. The molecule has 0 heterocycles. The van der Waals surface area contributed by atoms with Gasteiger partial charge >= 0.3 is 0 Å². The largest absolute Gasteiger partial charge is 0.494 e. The molecule has 1 rings (SSSR count). The molecule has 0 atom stereocenters. The van der Waals surface area contributed by atoms with Crippen molar-refractivity contribution in [2.75, 3.05) is 31.1 Å². The maximum atomic E-state index is 5.25. The number of nitrogens with one attached hydrogen (secondary N) is 2. The Morgan fingerprint density at radius 3 is 2.67 bits per heavy atom. The van der Waals surface area contributed by atoms with Gasteiger partial charge in [0.2, 0.25) is 0 Å². The minimum absolute atomic E-state index is 0.609. The fraction of sp³-hybridized carbons (Fsp3) is 0.455. The summed E-state index contributed by atoms with van der Waals surface area (Å²) in [4.78, 5) is 5.11. The molecule has 0 aromatic heterocycles. The Labute approximate surface area is 90.5 Å². The number of benzene rings is 1. The molecule has 0 aliphatic carbocycles. The van der Waals surface area contributed by atoms with E-state index in [1.165, 1.54) is 0 Å². The van der Waals surface area contributed by atoms with Gasteiger partial charge in [-0.25, -0.2) is 0 Å². The molecule has 1 aromatic carbocycles. The standard InChI is InChI=1S/C11H18N2O2/c1-4-12-9-6-7-10(13-15-5-2)11(8-9)14-3/h6-8,12-13H,4-5H2,1-3H3. The lowest BCUT2D eigenvalue weighted by Gasteiger charge is -2.12. The van der Waals surface area contributed by atoms with E-state index in [1.54, 1.807) is 7.11 Å². The van der Waals surface area contributed by atoms with Crippen LogP contribution in [-0.4, -0.2) is 20.3 Å². The smallest absolute Gasteiger partial charge is 0.146 e. The van der Waals surface area contributed by atoms with E-state index in [-0.39, 0.29) is 0 Å². The summed E-state index contributed by atoms with van der Waals surface area (Å²) in [5.74, 6) is 0.766. The van der Waals surface area contributed by atoms with Gasteiger partial charge in [-0.15, -0.1) is 0 Å². The summed E-state index contributed by atoms with van der Waals surface area (Å²) in [7, 11) is 1.64. The van der Waals surface area contributed by atoms with E-state index in [4.69, 9.17) is 9.57 Å². The molecule has 0 saturated heterocycles. The lowest BCUT2D eigenvalue weighted by Crippen LogP contribution is -2.03. The van der Waals surface area contributed by atoms with Crippen molar-refractivity contribution in [1.82, 2.24) is 0 Å². The highest BCUT2D eigenvalue weighted by atomic mass is 16.6. The van der Waals surface area contributed by atoms with E-state index in [2.05, 4.69) is 17.7 Å². The lowest BCUT2D eigenvalue weighted by molar-refractivity contribution is 0.209. The summed E-state index contributed by atoms with van der Waals surface area (Å²) < 4.78 is 5.25. The molecule has 4 heteroatoms. The van der Waals surface area contributed by atoms with Gasteiger partial charge in [0.25, 0.3) is 0 Å². The molecule has 0 saturated carbocycles. The Kier molecular flexibility index (Phi) is 4.77. The van der Waals surface area contributed by atoms with Gasteiger partial charge in [0.1, 0.15) is 11.4 Å². The fourth-order valence-electron chi connectivity index (χ4n) is 1.24. The van der Waals surface area contributed by atoms with Gasteiger partial charge in [-0.3, -0.25) is 10.3 Å². The molecule has 0 amide bonds. The van der Waals surface area contributed by atoms with Gasteiger partial charge in [-0.05, 0) is 26.0 Å². The molecule has 1 aromatic rings. The molecular weight excluding hydrogens is 192 g/mol. The maximum absolute atomic E-state index is 5.25. The molecule has 0 radical (unpaired) electrons. The Bertz CT molecular complexity index is 303. The molecule has 2 N–H and O–H groups in total. The quantitative estimate of drug-likeness (QED) is 0.708. The zero-order valence-corrected chi connectivity index (χ0v) is 9.46. The summed E-state index contributed by atoms with van der Waals surface area (Å²) in [5.41, 5.74) is 4.70. The normalized spacial score (nSPS) is 9.80. The Hall–Kier alpha value is -1.42. The van der Waals surface area contributed by atoms with E-state index in [9.17, 15) is 0 Å². The average molecular weight is 210 g/mol. The van der Waals surface area contributed by atoms with Crippen molar-refractivity contribution in [3.63, 3.8) is 0 Å². The van der Waals surface area contributed by atoms with E-state index in [1.807, 2.05) is 25.1 Å². The van der Waals surface area contributed by atoms with Crippen LogP contribution in [0.15, 0.2) is 18.2 Å². The van der Waals surface area contributed by atoms with E-state index < -0.39 is 0 Å². The number of hydrogen-bond donors (Lipinski definition) is 2. The lowest BCUT2D eigenvalue weighted by atomic mass is 10.2. The Morgan fingerprint density at radius 1 is 1.27 bits per heavy atom. The predicted octanol–water partition coefficient (Wildman–Crippen LogP) is 2.49. The minimum atomic E-state index is 0.609. The molecule has 0 spiro atoms. The van der Waals surface area contributed by atoms with Crippen molar-refractivity contribution in [2.45, 2.75) is 13.8 Å². The van der Waals surface area contributed by atoms with Crippen LogP contribution in [0.25, 0.3) is 0 Å². The maximum Gasteiger partial charge on any atom is 0.146 e. The molecule has 84 valence electrons. The van der Waals surface area contributed by atoms with Crippen LogP contribution in [0, 0.1) is 0 Å². The van der Waals surface area contributed by atoms with Gasteiger partial charge in [0.05, 0.1) is 13.7 Å². The fourth-order valence-corrected chi connectivity index (χ4v) is 1.24. The number of ether oxygens (including phenoxy) is 1. The monoisotopic (exact) mass is 210 g/mol. The van der Waals surface area contributed by atoms with Crippen molar-refractivity contribution in [2.24, 2.45) is 0 Å². The number of hydrogen-bond acceptors (Lipinski definition) is 4. The molecule has 0 unspecified atom stereocenters. The zero-order valence-electron chi connectivity index (χ0n) is 9.46. The first-order chi connectivity index (χ1) is 7.31. The van der Waals surface area contributed by atoms with E-state index in [0.717, 1.165) is 23.7 Å². The first-order valence-electron chi connectivity index (χ1n) is 5.11. The molecule has 4 nitrogen and oxygen atoms in total. The highest BCUT2D eigenvalue weighted by molar-refractivity contribution is 5.62. The highest BCUT2D eigenvalue weighted by Gasteiger charge is 2.03. The van der Waals surface area contributed by atoms with Crippen LogP contribution >= 0.6 is 0 Å². The third-order valence-corrected chi connectivity index (χ3v) is 1.91. The van der Waals surface area contributed by atoms with Crippen LogP contribution in [-0.2, 0) is 4.84 Å². The second-order valence-corrected chi connectivity index (χ2v) is 2.98. The van der Waals surface area contributed by atoms with Gasteiger partial charge < -0.3 is 10.1 Å². The van der Waals surface area contributed by atoms with Crippen LogP contribution in [0.2, 0.25) is 0 Å².